The van der Waals surface area contributed by atoms with Gasteiger partial charge in [-0.3, -0.25) is 0 Å². The Balaban J connectivity index is 1.50. The van der Waals surface area contributed by atoms with Crippen molar-refractivity contribution in [2.75, 3.05) is 6.61 Å². The monoisotopic (exact) mass is 196 g/mol. The fourth-order valence-corrected chi connectivity index (χ4v) is 3.03. The maximum absolute atomic E-state index is 8.92. The molecule has 1 N–H and O–H groups in total. The molecule has 0 saturated heterocycles. The molecular weight excluding hydrogens is 172 g/mol. The number of aliphatic hydroxyl groups excluding tert-OH is 1. The Morgan fingerprint density at radius 1 is 0.929 bits per heavy atom. The van der Waals surface area contributed by atoms with Crippen LogP contribution in [0.4, 0.5) is 0 Å². The summed E-state index contributed by atoms with van der Waals surface area (Å²) < 4.78 is 0. The van der Waals surface area contributed by atoms with Gasteiger partial charge in [-0.1, -0.05) is 51.4 Å². The second-order valence-electron chi connectivity index (χ2n) is 5.37. The first kappa shape index (κ1) is 10.5. The van der Waals surface area contributed by atoms with Crippen LogP contribution in [0.3, 0.4) is 0 Å². The van der Waals surface area contributed by atoms with Crippen molar-refractivity contribution >= 4 is 0 Å². The maximum atomic E-state index is 8.92. The van der Waals surface area contributed by atoms with Crippen molar-refractivity contribution in [2.24, 2.45) is 17.8 Å². The third-order valence-corrected chi connectivity index (χ3v) is 4.22. The Labute approximate surface area is 87.9 Å². The van der Waals surface area contributed by atoms with Gasteiger partial charge in [-0.2, -0.15) is 0 Å². The zero-order chi connectivity index (χ0) is 9.80. The summed E-state index contributed by atoms with van der Waals surface area (Å²) in [6, 6.07) is 0. The molecule has 2 atom stereocenters. The summed E-state index contributed by atoms with van der Waals surface area (Å²) in [5.74, 6) is 2.63. The predicted octanol–water partition coefficient (Wildman–Crippen LogP) is 3.37. The molecule has 0 heterocycles. The number of rotatable bonds is 5. The number of hydrogen-bond donors (Lipinski definition) is 1. The molecule has 0 aromatic carbocycles. The zero-order valence-electron chi connectivity index (χ0n) is 9.25. The van der Waals surface area contributed by atoms with Crippen LogP contribution in [0.15, 0.2) is 0 Å². The minimum absolute atomic E-state index is 0.439. The fraction of sp³-hybridized carbons (Fsp3) is 1.00. The summed E-state index contributed by atoms with van der Waals surface area (Å²) >= 11 is 0. The molecule has 0 aliphatic heterocycles. The van der Waals surface area contributed by atoms with Gasteiger partial charge in [0.25, 0.3) is 0 Å². The lowest BCUT2D eigenvalue weighted by atomic mass is 9.85. The third kappa shape index (κ3) is 2.98. The lowest BCUT2D eigenvalue weighted by Crippen LogP contribution is -2.06. The second kappa shape index (κ2) is 5.16. The van der Waals surface area contributed by atoms with E-state index in [1.165, 1.54) is 57.8 Å². The third-order valence-electron chi connectivity index (χ3n) is 4.22. The van der Waals surface area contributed by atoms with Crippen molar-refractivity contribution in [3.05, 3.63) is 0 Å². The average Bonchev–Trinajstić information content (AvgIpc) is 2.98. The van der Waals surface area contributed by atoms with Crippen LogP contribution in [-0.4, -0.2) is 11.7 Å². The van der Waals surface area contributed by atoms with E-state index in [1.807, 2.05) is 0 Å². The summed E-state index contributed by atoms with van der Waals surface area (Å²) in [5.41, 5.74) is 0. The molecule has 2 aliphatic rings. The first-order valence-electron chi connectivity index (χ1n) is 6.51. The summed E-state index contributed by atoms with van der Waals surface area (Å²) in [6.45, 7) is 0.439. The summed E-state index contributed by atoms with van der Waals surface area (Å²) in [5, 5.41) is 8.92. The van der Waals surface area contributed by atoms with Crippen LogP contribution >= 0.6 is 0 Å². The largest absolute Gasteiger partial charge is 0.396 e. The molecule has 0 radical (unpaired) electrons. The van der Waals surface area contributed by atoms with E-state index in [4.69, 9.17) is 5.11 Å². The molecule has 0 amide bonds. The molecule has 2 saturated carbocycles. The van der Waals surface area contributed by atoms with Crippen LogP contribution in [0.5, 0.6) is 0 Å². The minimum atomic E-state index is 0.439. The smallest absolute Gasteiger partial charge is 0.0462 e. The van der Waals surface area contributed by atoms with Crippen molar-refractivity contribution in [3.8, 4) is 0 Å². The first-order valence-corrected chi connectivity index (χ1v) is 6.51. The molecule has 2 unspecified atom stereocenters. The lowest BCUT2D eigenvalue weighted by molar-refractivity contribution is 0.265. The molecule has 1 nitrogen and oxygen atoms in total. The molecule has 0 aromatic heterocycles. The topological polar surface area (TPSA) is 20.2 Å². The van der Waals surface area contributed by atoms with Gasteiger partial charge in [-0.15, -0.1) is 0 Å². The molecule has 2 fully saturated rings. The van der Waals surface area contributed by atoms with Gasteiger partial charge in [0.2, 0.25) is 0 Å². The fourth-order valence-electron chi connectivity index (χ4n) is 3.03. The highest BCUT2D eigenvalue weighted by atomic mass is 16.3. The van der Waals surface area contributed by atoms with E-state index in [0.717, 1.165) is 11.8 Å². The normalized spacial score (nSPS) is 33.2. The average molecular weight is 196 g/mol. The lowest BCUT2D eigenvalue weighted by Gasteiger charge is -2.21. The molecular formula is C13H24O. The van der Waals surface area contributed by atoms with Crippen LogP contribution in [-0.2, 0) is 0 Å². The van der Waals surface area contributed by atoms with Crippen molar-refractivity contribution in [3.63, 3.8) is 0 Å². The van der Waals surface area contributed by atoms with Crippen LogP contribution < -0.4 is 0 Å². The second-order valence-corrected chi connectivity index (χ2v) is 5.37. The van der Waals surface area contributed by atoms with Gasteiger partial charge in [0.15, 0.2) is 0 Å². The van der Waals surface area contributed by atoms with Gasteiger partial charge in [-0.05, 0) is 24.2 Å². The van der Waals surface area contributed by atoms with E-state index in [1.54, 1.807) is 0 Å². The molecule has 1 heteroatoms. The Hall–Kier alpha value is -0.0400. The van der Waals surface area contributed by atoms with Crippen LogP contribution in [0, 0.1) is 17.8 Å². The van der Waals surface area contributed by atoms with Crippen LogP contribution in [0.1, 0.15) is 57.8 Å². The van der Waals surface area contributed by atoms with E-state index in [0.29, 0.717) is 12.5 Å². The van der Waals surface area contributed by atoms with Crippen molar-refractivity contribution in [1.29, 1.82) is 0 Å². The quantitative estimate of drug-likeness (QED) is 0.715. The Morgan fingerprint density at radius 3 is 2.36 bits per heavy atom. The number of hydrogen-bond acceptors (Lipinski definition) is 1. The number of aliphatic hydroxyl groups is 1. The van der Waals surface area contributed by atoms with Gasteiger partial charge in [0.1, 0.15) is 0 Å². The van der Waals surface area contributed by atoms with E-state index in [9.17, 15) is 0 Å². The molecule has 2 rings (SSSR count). The molecule has 0 bridgehead atoms. The summed E-state index contributed by atoms with van der Waals surface area (Å²) in [7, 11) is 0. The molecule has 0 spiro atoms. The molecule has 14 heavy (non-hydrogen) atoms. The van der Waals surface area contributed by atoms with Crippen molar-refractivity contribution < 1.29 is 5.11 Å². The van der Waals surface area contributed by atoms with Crippen LogP contribution in [0.25, 0.3) is 0 Å². The van der Waals surface area contributed by atoms with E-state index in [-0.39, 0.29) is 0 Å². The Kier molecular flexibility index (Phi) is 3.86. The highest BCUT2D eigenvalue weighted by Gasteiger charge is 2.35. The van der Waals surface area contributed by atoms with E-state index < -0.39 is 0 Å². The standard InChI is InChI=1S/C13H24O/c14-10-13-9-12(13)8-4-7-11-5-2-1-3-6-11/h11-14H,1-10H2. The Morgan fingerprint density at radius 2 is 1.71 bits per heavy atom. The predicted molar refractivity (Wildman–Crippen MR) is 59.1 cm³/mol. The zero-order valence-corrected chi connectivity index (χ0v) is 9.25. The summed E-state index contributed by atoms with van der Waals surface area (Å²) in [6.07, 6.45) is 13.0. The van der Waals surface area contributed by atoms with E-state index in [2.05, 4.69) is 0 Å². The summed E-state index contributed by atoms with van der Waals surface area (Å²) in [4.78, 5) is 0. The van der Waals surface area contributed by atoms with Crippen molar-refractivity contribution in [2.45, 2.75) is 57.8 Å². The Bertz CT molecular complexity index is 161. The molecule has 82 valence electrons. The molecule has 2 aliphatic carbocycles. The van der Waals surface area contributed by atoms with Crippen molar-refractivity contribution in [1.82, 2.24) is 0 Å². The molecule has 0 aromatic rings. The highest BCUT2D eigenvalue weighted by Crippen LogP contribution is 2.42. The van der Waals surface area contributed by atoms with Gasteiger partial charge in [0.05, 0.1) is 0 Å². The highest BCUT2D eigenvalue weighted by molar-refractivity contribution is 4.85. The van der Waals surface area contributed by atoms with Gasteiger partial charge in [-0.25, -0.2) is 0 Å². The van der Waals surface area contributed by atoms with Crippen LogP contribution in [0.2, 0.25) is 0 Å². The first-order chi connectivity index (χ1) is 6.90. The van der Waals surface area contributed by atoms with Gasteiger partial charge < -0.3 is 5.11 Å². The van der Waals surface area contributed by atoms with Gasteiger partial charge in [0, 0.05) is 6.61 Å². The minimum Gasteiger partial charge on any atom is -0.396 e. The maximum Gasteiger partial charge on any atom is 0.0462 e. The SMILES string of the molecule is OCC1CC1CCCC1CCCCC1. The van der Waals surface area contributed by atoms with Gasteiger partial charge >= 0.3 is 0 Å². The van der Waals surface area contributed by atoms with E-state index >= 15 is 0 Å².